The minimum atomic E-state index is -0.599. The zero-order chi connectivity index (χ0) is 9.84. The summed E-state index contributed by atoms with van der Waals surface area (Å²) >= 11 is 1.81. The van der Waals surface area contributed by atoms with Crippen molar-refractivity contribution in [2.45, 2.75) is 38.4 Å². The molecule has 76 valence electrons. The Kier molecular flexibility index (Phi) is 4.10. The first kappa shape index (κ1) is 10.9. The largest absolute Gasteiger partial charge is 0.481 e. The third-order valence-corrected chi connectivity index (χ3v) is 4.03. The van der Waals surface area contributed by atoms with Gasteiger partial charge >= 0.3 is 5.97 Å². The molecule has 1 fully saturated rings. The maximum absolute atomic E-state index is 10.9. The monoisotopic (exact) mass is 202 g/mol. The van der Waals surface area contributed by atoms with Crippen molar-refractivity contribution in [3.05, 3.63) is 0 Å². The number of carboxylic acid groups (broad SMARTS) is 1. The molecule has 0 aromatic carbocycles. The fraction of sp³-hybridized carbons (Fsp3) is 0.900. The summed E-state index contributed by atoms with van der Waals surface area (Å²) < 4.78 is 0. The van der Waals surface area contributed by atoms with Crippen LogP contribution in [-0.2, 0) is 4.79 Å². The van der Waals surface area contributed by atoms with Crippen molar-refractivity contribution in [2.75, 3.05) is 5.75 Å². The minimum absolute atomic E-state index is 0.0962. The molecule has 1 N–H and O–H groups in total. The van der Waals surface area contributed by atoms with Crippen LogP contribution in [-0.4, -0.2) is 22.1 Å². The fourth-order valence-electron chi connectivity index (χ4n) is 2.01. The zero-order valence-electron chi connectivity index (χ0n) is 8.32. The molecule has 1 aliphatic carbocycles. The van der Waals surface area contributed by atoms with Gasteiger partial charge in [0.1, 0.15) is 0 Å². The van der Waals surface area contributed by atoms with E-state index in [1.807, 2.05) is 11.8 Å². The van der Waals surface area contributed by atoms with Gasteiger partial charge in [-0.15, -0.1) is 0 Å². The van der Waals surface area contributed by atoms with Gasteiger partial charge in [0.2, 0.25) is 0 Å². The van der Waals surface area contributed by atoms with Gasteiger partial charge in [-0.2, -0.15) is 11.8 Å². The highest BCUT2D eigenvalue weighted by Gasteiger charge is 2.33. The summed E-state index contributed by atoms with van der Waals surface area (Å²) in [4.78, 5) is 10.9. The molecule has 0 aromatic heterocycles. The van der Waals surface area contributed by atoms with Crippen molar-refractivity contribution in [3.63, 3.8) is 0 Å². The third kappa shape index (κ3) is 2.90. The second-order valence-corrected chi connectivity index (χ2v) is 5.37. The number of carboxylic acids is 1. The van der Waals surface area contributed by atoms with Gasteiger partial charge in [-0.25, -0.2) is 0 Å². The van der Waals surface area contributed by atoms with E-state index in [2.05, 4.69) is 13.8 Å². The van der Waals surface area contributed by atoms with Crippen LogP contribution >= 0.6 is 11.8 Å². The predicted molar refractivity (Wildman–Crippen MR) is 56.1 cm³/mol. The lowest BCUT2D eigenvalue weighted by Gasteiger charge is -2.31. The molecule has 13 heavy (non-hydrogen) atoms. The second kappa shape index (κ2) is 4.89. The van der Waals surface area contributed by atoms with Crippen molar-refractivity contribution in [2.24, 2.45) is 11.8 Å². The third-order valence-electron chi connectivity index (χ3n) is 2.75. The molecule has 1 saturated carbocycles. The van der Waals surface area contributed by atoms with Gasteiger partial charge in [0, 0.05) is 5.25 Å². The van der Waals surface area contributed by atoms with Crippen LogP contribution in [0.4, 0.5) is 0 Å². The summed E-state index contributed by atoms with van der Waals surface area (Å²) in [7, 11) is 0. The van der Waals surface area contributed by atoms with E-state index >= 15 is 0 Å². The van der Waals surface area contributed by atoms with Gasteiger partial charge in [-0.1, -0.05) is 13.8 Å². The summed E-state index contributed by atoms with van der Waals surface area (Å²) in [5.74, 6) is 1.04. The van der Waals surface area contributed by atoms with Crippen molar-refractivity contribution in [1.29, 1.82) is 0 Å². The summed E-state index contributed by atoms with van der Waals surface area (Å²) in [6.07, 6.45) is 3.03. The smallest absolute Gasteiger partial charge is 0.307 e. The highest BCUT2D eigenvalue weighted by molar-refractivity contribution is 7.99. The number of rotatable bonds is 3. The van der Waals surface area contributed by atoms with E-state index in [4.69, 9.17) is 5.11 Å². The van der Waals surface area contributed by atoms with Gasteiger partial charge in [-0.05, 0) is 30.9 Å². The molecule has 0 heterocycles. The first-order chi connectivity index (χ1) is 6.15. The molecule has 0 radical (unpaired) electrons. The van der Waals surface area contributed by atoms with E-state index in [-0.39, 0.29) is 5.92 Å². The van der Waals surface area contributed by atoms with Crippen molar-refractivity contribution in [3.8, 4) is 0 Å². The van der Waals surface area contributed by atoms with Crippen LogP contribution in [0.15, 0.2) is 0 Å². The van der Waals surface area contributed by atoms with Gasteiger partial charge < -0.3 is 5.11 Å². The predicted octanol–water partition coefficient (Wildman–Crippen LogP) is 2.63. The molecule has 3 atom stereocenters. The Morgan fingerprint density at radius 3 is 2.77 bits per heavy atom. The van der Waals surface area contributed by atoms with E-state index in [1.165, 1.54) is 0 Å². The van der Waals surface area contributed by atoms with Crippen LogP contribution in [0.25, 0.3) is 0 Å². The normalized spacial score (nSPS) is 34.5. The summed E-state index contributed by atoms with van der Waals surface area (Å²) in [5.41, 5.74) is 0. The molecule has 0 amide bonds. The van der Waals surface area contributed by atoms with Crippen LogP contribution < -0.4 is 0 Å². The van der Waals surface area contributed by atoms with Gasteiger partial charge in [0.05, 0.1) is 5.92 Å². The molecule has 0 aromatic rings. The maximum atomic E-state index is 10.9. The Morgan fingerprint density at radius 1 is 1.54 bits per heavy atom. The van der Waals surface area contributed by atoms with Crippen molar-refractivity contribution < 1.29 is 9.90 Å². The van der Waals surface area contributed by atoms with Crippen LogP contribution in [0, 0.1) is 11.8 Å². The lowest BCUT2D eigenvalue weighted by molar-refractivity contribution is -0.142. The molecule has 0 bridgehead atoms. The van der Waals surface area contributed by atoms with E-state index in [1.54, 1.807) is 0 Å². The van der Waals surface area contributed by atoms with Crippen LogP contribution in [0.5, 0.6) is 0 Å². The van der Waals surface area contributed by atoms with E-state index < -0.39 is 5.97 Å². The van der Waals surface area contributed by atoms with Crippen molar-refractivity contribution in [1.82, 2.24) is 0 Å². The van der Waals surface area contributed by atoms with E-state index in [9.17, 15) is 4.79 Å². The maximum Gasteiger partial charge on any atom is 0.307 e. The Morgan fingerprint density at radius 2 is 2.23 bits per heavy atom. The number of thioether (sulfide) groups is 1. The quantitative estimate of drug-likeness (QED) is 0.764. The number of hydrogen-bond donors (Lipinski definition) is 1. The highest BCUT2D eigenvalue weighted by atomic mass is 32.2. The summed E-state index contributed by atoms with van der Waals surface area (Å²) in [6.45, 7) is 4.32. The van der Waals surface area contributed by atoms with Gasteiger partial charge in [-0.3, -0.25) is 4.79 Å². The Labute approximate surface area is 84.1 Å². The zero-order valence-corrected chi connectivity index (χ0v) is 9.14. The van der Waals surface area contributed by atoms with Gasteiger partial charge in [0.15, 0.2) is 0 Å². The molecule has 3 unspecified atom stereocenters. The molecular formula is C10H18O2S. The number of aliphatic carboxylic acids is 1. The van der Waals surface area contributed by atoms with Gasteiger partial charge in [0.25, 0.3) is 0 Å². The Hall–Kier alpha value is -0.180. The molecule has 1 aliphatic rings. The molecule has 3 heteroatoms. The minimum Gasteiger partial charge on any atom is -0.481 e. The summed E-state index contributed by atoms with van der Waals surface area (Å²) in [5, 5.41) is 9.36. The first-order valence-electron chi connectivity index (χ1n) is 4.99. The Bertz CT molecular complexity index is 182. The lowest BCUT2D eigenvalue weighted by Crippen LogP contribution is -2.32. The SMILES string of the molecule is CCSC1CC(C)CCC1C(=O)O. The van der Waals surface area contributed by atoms with Crippen molar-refractivity contribution >= 4 is 17.7 Å². The topological polar surface area (TPSA) is 37.3 Å². The van der Waals surface area contributed by atoms with E-state index in [0.29, 0.717) is 11.2 Å². The highest BCUT2D eigenvalue weighted by Crippen LogP contribution is 2.36. The molecule has 0 saturated heterocycles. The average molecular weight is 202 g/mol. The number of hydrogen-bond acceptors (Lipinski definition) is 2. The molecule has 0 spiro atoms. The van der Waals surface area contributed by atoms with Crippen LogP contribution in [0.3, 0.4) is 0 Å². The fourth-order valence-corrected chi connectivity index (χ4v) is 3.39. The van der Waals surface area contributed by atoms with E-state index in [0.717, 1.165) is 25.0 Å². The lowest BCUT2D eigenvalue weighted by atomic mass is 9.82. The molecular weight excluding hydrogens is 184 g/mol. The molecule has 2 nitrogen and oxygen atoms in total. The molecule has 1 rings (SSSR count). The summed E-state index contributed by atoms with van der Waals surface area (Å²) in [6, 6.07) is 0. The standard InChI is InChI=1S/C10H18O2S/c1-3-13-9-6-7(2)4-5-8(9)10(11)12/h7-9H,3-6H2,1-2H3,(H,11,12). The van der Waals surface area contributed by atoms with Crippen LogP contribution in [0.1, 0.15) is 33.1 Å². The average Bonchev–Trinajstić information content (AvgIpc) is 2.04. The Balaban J connectivity index is 2.55. The number of carbonyl (C=O) groups is 1. The molecule has 0 aliphatic heterocycles. The first-order valence-corrected chi connectivity index (χ1v) is 6.04. The van der Waals surface area contributed by atoms with Crippen LogP contribution in [0.2, 0.25) is 0 Å². The second-order valence-electron chi connectivity index (χ2n) is 3.86.